The molecule has 0 spiro atoms. The molecule has 0 aliphatic carbocycles. The van der Waals surface area contributed by atoms with Gasteiger partial charge in [0.05, 0.1) is 47.8 Å². The zero-order chi connectivity index (χ0) is 15.0. The van der Waals surface area contributed by atoms with E-state index in [0.29, 0.717) is 35.5 Å². The first-order valence-electron chi connectivity index (χ1n) is 6.56. The van der Waals surface area contributed by atoms with Crippen molar-refractivity contribution in [2.45, 2.75) is 26.1 Å². The molecule has 1 aromatic carbocycles. The molecule has 4 nitrogen and oxygen atoms in total. The number of hydrogen-bond donors (Lipinski definition) is 2. The van der Waals surface area contributed by atoms with Crippen molar-refractivity contribution in [1.82, 2.24) is 0 Å². The van der Waals surface area contributed by atoms with E-state index >= 15 is 0 Å². The van der Waals surface area contributed by atoms with Gasteiger partial charge in [-0.3, -0.25) is 0 Å². The average molecular weight is 322 g/mol. The van der Waals surface area contributed by atoms with Gasteiger partial charge in [-0.15, -0.1) is 0 Å². The fraction of sp³-hybridized carbons (Fsp3) is 0.571. The predicted molar refractivity (Wildman–Crippen MR) is 82.9 cm³/mol. The van der Waals surface area contributed by atoms with Gasteiger partial charge >= 0.3 is 0 Å². The Bertz CT molecular complexity index is 382. The van der Waals surface area contributed by atoms with Crippen LogP contribution >= 0.6 is 23.2 Å². The third-order valence-corrected chi connectivity index (χ3v) is 3.10. The van der Waals surface area contributed by atoms with E-state index in [1.807, 2.05) is 13.8 Å². The molecule has 0 saturated carbocycles. The monoisotopic (exact) mass is 321 g/mol. The summed E-state index contributed by atoms with van der Waals surface area (Å²) in [6.07, 6.45) is -0.450. The number of hydrogen-bond acceptors (Lipinski definition) is 4. The first kappa shape index (κ1) is 17.5. The second-order valence-corrected chi connectivity index (χ2v) is 5.44. The Hall–Kier alpha value is -0.520. The van der Waals surface area contributed by atoms with Gasteiger partial charge in [0.2, 0.25) is 0 Å². The van der Waals surface area contributed by atoms with Crippen LogP contribution < -0.4 is 5.32 Å². The van der Waals surface area contributed by atoms with Crippen molar-refractivity contribution in [2.24, 2.45) is 0 Å². The van der Waals surface area contributed by atoms with Gasteiger partial charge in [-0.05, 0) is 26.0 Å². The molecule has 1 atom stereocenters. The molecular formula is C14H21Cl2NO3. The molecule has 0 bridgehead atoms. The molecule has 6 heteroatoms. The summed E-state index contributed by atoms with van der Waals surface area (Å²) in [5.41, 5.74) is 0.623. The Balaban J connectivity index is 2.21. The van der Waals surface area contributed by atoms with E-state index in [-0.39, 0.29) is 12.7 Å². The van der Waals surface area contributed by atoms with Crippen LogP contribution in [0.4, 0.5) is 5.69 Å². The SMILES string of the molecule is CC(C)OCCOCC(O)CNc1c(Cl)cccc1Cl. The van der Waals surface area contributed by atoms with Gasteiger partial charge in [0.25, 0.3) is 0 Å². The number of halogens is 2. The fourth-order valence-electron chi connectivity index (χ4n) is 1.51. The summed E-state index contributed by atoms with van der Waals surface area (Å²) in [4.78, 5) is 0. The van der Waals surface area contributed by atoms with Crippen LogP contribution in [0.5, 0.6) is 0 Å². The Morgan fingerprint density at radius 2 is 1.85 bits per heavy atom. The molecule has 2 N–H and O–H groups in total. The maximum atomic E-state index is 9.79. The highest BCUT2D eigenvalue weighted by Gasteiger charge is 2.08. The van der Waals surface area contributed by atoms with E-state index in [4.69, 9.17) is 32.7 Å². The molecule has 1 unspecified atom stereocenters. The van der Waals surface area contributed by atoms with Gasteiger partial charge < -0.3 is 19.9 Å². The number of aliphatic hydroxyl groups is 1. The Labute approximate surface area is 130 Å². The third-order valence-electron chi connectivity index (χ3n) is 2.47. The topological polar surface area (TPSA) is 50.7 Å². The molecule has 0 aromatic heterocycles. The van der Waals surface area contributed by atoms with Crippen LogP contribution in [0.3, 0.4) is 0 Å². The summed E-state index contributed by atoms with van der Waals surface area (Å²) in [6, 6.07) is 5.24. The van der Waals surface area contributed by atoms with E-state index in [1.54, 1.807) is 18.2 Å². The lowest BCUT2D eigenvalue weighted by Crippen LogP contribution is -2.26. The van der Waals surface area contributed by atoms with Crippen molar-refractivity contribution >= 4 is 28.9 Å². The zero-order valence-electron chi connectivity index (χ0n) is 11.7. The minimum absolute atomic E-state index is 0.188. The number of rotatable bonds is 9. The summed E-state index contributed by atoms with van der Waals surface area (Å²) in [5, 5.41) is 13.8. The molecule has 114 valence electrons. The largest absolute Gasteiger partial charge is 0.389 e. The zero-order valence-corrected chi connectivity index (χ0v) is 13.2. The van der Waals surface area contributed by atoms with Crippen LogP contribution in [0.25, 0.3) is 0 Å². The third kappa shape index (κ3) is 6.77. The summed E-state index contributed by atoms with van der Waals surface area (Å²) in [7, 11) is 0. The minimum Gasteiger partial charge on any atom is -0.389 e. The van der Waals surface area contributed by atoms with E-state index in [0.717, 1.165) is 0 Å². The molecule has 1 rings (SSSR count). The molecule has 0 aliphatic heterocycles. The summed E-state index contributed by atoms with van der Waals surface area (Å²) < 4.78 is 10.6. The number of aliphatic hydroxyl groups excluding tert-OH is 1. The van der Waals surface area contributed by atoms with Crippen LogP contribution in [0.15, 0.2) is 18.2 Å². The number of anilines is 1. The van der Waals surface area contributed by atoms with Crippen molar-refractivity contribution in [3.8, 4) is 0 Å². The Morgan fingerprint density at radius 3 is 2.45 bits per heavy atom. The second kappa shape index (κ2) is 9.42. The van der Waals surface area contributed by atoms with E-state index in [9.17, 15) is 5.11 Å². The molecule has 20 heavy (non-hydrogen) atoms. The fourth-order valence-corrected chi connectivity index (χ4v) is 2.04. The molecule has 0 radical (unpaired) electrons. The van der Waals surface area contributed by atoms with Crippen LogP contribution in [0.1, 0.15) is 13.8 Å². The van der Waals surface area contributed by atoms with Crippen molar-refractivity contribution in [3.63, 3.8) is 0 Å². The minimum atomic E-state index is -0.638. The second-order valence-electron chi connectivity index (χ2n) is 4.63. The molecule has 0 amide bonds. The van der Waals surface area contributed by atoms with Gasteiger partial charge in [-0.1, -0.05) is 29.3 Å². The molecule has 0 heterocycles. The first-order valence-corrected chi connectivity index (χ1v) is 7.31. The van der Waals surface area contributed by atoms with Crippen molar-refractivity contribution in [1.29, 1.82) is 0 Å². The van der Waals surface area contributed by atoms with Crippen LogP contribution in [0.2, 0.25) is 10.0 Å². The Morgan fingerprint density at radius 1 is 1.20 bits per heavy atom. The summed E-state index contributed by atoms with van der Waals surface area (Å²) in [5.74, 6) is 0. The smallest absolute Gasteiger partial charge is 0.0945 e. The lowest BCUT2D eigenvalue weighted by atomic mass is 10.3. The van der Waals surface area contributed by atoms with Gasteiger partial charge in [-0.2, -0.15) is 0 Å². The normalized spacial score (nSPS) is 12.7. The van der Waals surface area contributed by atoms with Gasteiger partial charge in [0, 0.05) is 6.54 Å². The van der Waals surface area contributed by atoms with Crippen molar-refractivity contribution < 1.29 is 14.6 Å². The summed E-state index contributed by atoms with van der Waals surface area (Å²) >= 11 is 12.0. The van der Waals surface area contributed by atoms with Crippen LogP contribution in [0, 0.1) is 0 Å². The highest BCUT2D eigenvalue weighted by atomic mass is 35.5. The number of ether oxygens (including phenoxy) is 2. The van der Waals surface area contributed by atoms with Gasteiger partial charge in [-0.25, -0.2) is 0 Å². The predicted octanol–water partition coefficient (Wildman–Crippen LogP) is 3.21. The lowest BCUT2D eigenvalue weighted by Gasteiger charge is -2.15. The molecular weight excluding hydrogens is 301 g/mol. The summed E-state index contributed by atoms with van der Waals surface area (Å²) in [6.45, 7) is 5.46. The van der Waals surface area contributed by atoms with Gasteiger partial charge in [0.1, 0.15) is 0 Å². The van der Waals surface area contributed by atoms with Crippen molar-refractivity contribution in [3.05, 3.63) is 28.2 Å². The first-order chi connectivity index (χ1) is 9.50. The lowest BCUT2D eigenvalue weighted by molar-refractivity contribution is -0.00734. The van der Waals surface area contributed by atoms with E-state index < -0.39 is 6.10 Å². The molecule has 0 saturated heterocycles. The number of para-hydroxylation sites is 1. The average Bonchev–Trinajstić information content (AvgIpc) is 2.37. The van der Waals surface area contributed by atoms with Gasteiger partial charge in [0.15, 0.2) is 0 Å². The highest BCUT2D eigenvalue weighted by Crippen LogP contribution is 2.29. The van der Waals surface area contributed by atoms with E-state index in [2.05, 4.69) is 5.32 Å². The Kier molecular flexibility index (Phi) is 8.26. The van der Waals surface area contributed by atoms with Crippen molar-refractivity contribution in [2.75, 3.05) is 31.7 Å². The van der Waals surface area contributed by atoms with Crippen LogP contribution in [-0.4, -0.2) is 43.7 Å². The van der Waals surface area contributed by atoms with E-state index in [1.165, 1.54) is 0 Å². The number of benzene rings is 1. The molecule has 1 aromatic rings. The standard InChI is InChI=1S/C14H21Cl2NO3/c1-10(2)20-7-6-19-9-11(18)8-17-14-12(15)4-3-5-13(14)16/h3-5,10-11,17-18H,6-9H2,1-2H3. The van der Waals surface area contributed by atoms with Crippen LogP contribution in [-0.2, 0) is 9.47 Å². The quantitative estimate of drug-likeness (QED) is 0.686. The molecule has 0 fully saturated rings. The highest BCUT2D eigenvalue weighted by molar-refractivity contribution is 6.39. The number of nitrogens with one attached hydrogen (secondary N) is 1. The maximum absolute atomic E-state index is 9.79. The molecule has 0 aliphatic rings. The maximum Gasteiger partial charge on any atom is 0.0945 e.